The van der Waals surface area contributed by atoms with Crippen molar-refractivity contribution in [3.63, 3.8) is 0 Å². The van der Waals surface area contributed by atoms with Crippen LogP contribution in [-0.2, 0) is 29.6 Å². The van der Waals surface area contributed by atoms with Gasteiger partial charge in [-0.15, -0.1) is 0 Å². The molecule has 0 bridgehead atoms. The summed E-state index contributed by atoms with van der Waals surface area (Å²) in [6, 6.07) is 8.99. The molecule has 1 N–H and O–H groups in total. The number of amides is 1. The van der Waals surface area contributed by atoms with Crippen molar-refractivity contribution in [1.29, 1.82) is 0 Å². The minimum absolute atomic E-state index is 0.0498. The van der Waals surface area contributed by atoms with Crippen LogP contribution in [0, 0.1) is 6.92 Å². The minimum Gasteiger partial charge on any atom is -0.496 e. The topological polar surface area (TPSA) is 102 Å². The third kappa shape index (κ3) is 7.19. The van der Waals surface area contributed by atoms with Gasteiger partial charge < -0.3 is 14.6 Å². The lowest BCUT2D eigenvalue weighted by Crippen LogP contribution is -2.32. The predicted octanol–water partition coefficient (Wildman–Crippen LogP) is 9.06. The van der Waals surface area contributed by atoms with E-state index in [1.807, 2.05) is 0 Å². The highest BCUT2D eigenvalue weighted by Crippen LogP contribution is 2.43. The Morgan fingerprint density at radius 3 is 2.10 bits per heavy atom. The summed E-state index contributed by atoms with van der Waals surface area (Å²) in [5, 5.41) is 9.36. The molecule has 8 nitrogen and oxygen atoms in total. The number of carbonyl (C=O) groups is 2. The van der Waals surface area contributed by atoms with E-state index in [1.54, 1.807) is 31.2 Å². The van der Waals surface area contributed by atoms with Crippen LogP contribution >= 0.6 is 0 Å². The average molecular weight is 710 g/mol. The number of ether oxygens (including phenoxy) is 2. The molecule has 0 spiro atoms. The van der Waals surface area contributed by atoms with Gasteiger partial charge in [0.15, 0.2) is 5.82 Å². The second kappa shape index (κ2) is 12.9. The van der Waals surface area contributed by atoms with Crippen molar-refractivity contribution in [1.82, 2.24) is 14.9 Å². The van der Waals surface area contributed by atoms with Crippen molar-refractivity contribution in [2.45, 2.75) is 57.7 Å². The number of aromatic nitrogens is 2. The number of hydrogen-bond acceptors (Lipinski definition) is 6. The summed E-state index contributed by atoms with van der Waals surface area (Å²) in [6.07, 6.45) is -12.0. The van der Waals surface area contributed by atoms with Crippen molar-refractivity contribution in [2.24, 2.45) is 0 Å². The highest BCUT2D eigenvalue weighted by Gasteiger charge is 2.44. The number of cyclic esters (lactones) is 1. The molecule has 2 heterocycles. The highest BCUT2D eigenvalue weighted by atomic mass is 19.4. The smallest absolute Gasteiger partial charge is 0.416 e. The number of halogens is 8. The lowest BCUT2D eigenvalue weighted by atomic mass is 9.94. The number of aromatic carboxylic acids is 1. The molecule has 1 amide bonds. The third-order valence-electron chi connectivity index (χ3n) is 8.19. The Morgan fingerprint density at radius 2 is 1.56 bits per heavy atom. The number of benzene rings is 3. The van der Waals surface area contributed by atoms with E-state index in [1.165, 1.54) is 26.2 Å². The van der Waals surface area contributed by atoms with Crippen LogP contribution in [0.1, 0.15) is 64.1 Å². The lowest BCUT2D eigenvalue weighted by molar-refractivity contribution is -0.143. The van der Waals surface area contributed by atoms with Gasteiger partial charge in [0.05, 0.1) is 42.1 Å². The predicted molar refractivity (Wildman–Crippen MR) is 161 cm³/mol. The first-order valence-corrected chi connectivity index (χ1v) is 14.7. The SMILES string of the molecule is COc1ccc(-c2ccc(C(=O)O)cc2C)cc1-c1cnc(C(C)(F)F)nc1CN1C(=O)O[C@H](c2cc(C(F)(F)F)cc(C(F)(F)F)c2)[C@@H]1C. The van der Waals surface area contributed by atoms with Gasteiger partial charge in [0.25, 0.3) is 0 Å². The molecule has 5 rings (SSSR count). The first-order chi connectivity index (χ1) is 23.2. The van der Waals surface area contributed by atoms with Crippen LogP contribution in [0.2, 0.25) is 0 Å². The maximum Gasteiger partial charge on any atom is 0.416 e. The maximum absolute atomic E-state index is 14.5. The summed E-state index contributed by atoms with van der Waals surface area (Å²) in [4.78, 5) is 33.4. The molecule has 1 saturated heterocycles. The van der Waals surface area contributed by atoms with Crippen LogP contribution in [-0.4, -0.2) is 45.2 Å². The fraction of sp³-hybridized carbons (Fsp3) is 0.294. The summed E-state index contributed by atoms with van der Waals surface area (Å²) in [5.41, 5.74) is -1.71. The standard InChI is InChI=1S/C34H27F8N3O5/c1-16-9-19(29(46)47)5-7-23(16)18-6-8-27(49-4)24(12-18)25-14-43-30(32(3,35)36)44-26(25)15-45-17(2)28(50-31(45)48)20-10-21(33(37,38)39)13-22(11-20)34(40,41)42/h5-14,17,28H,15H2,1-4H3,(H,46,47)/t17-,28-/m0/s1. The molecule has 0 unspecified atom stereocenters. The van der Waals surface area contributed by atoms with Gasteiger partial charge in [-0.25, -0.2) is 19.6 Å². The normalized spacial score (nSPS) is 16.8. The first-order valence-electron chi connectivity index (χ1n) is 14.7. The molecule has 50 heavy (non-hydrogen) atoms. The van der Waals surface area contributed by atoms with E-state index in [0.29, 0.717) is 35.7 Å². The molecule has 1 aliphatic heterocycles. The Hall–Kier alpha value is -5.28. The Bertz CT molecular complexity index is 1940. The molecule has 0 radical (unpaired) electrons. The average Bonchev–Trinajstić information content (AvgIpc) is 3.31. The van der Waals surface area contributed by atoms with E-state index < -0.39 is 71.5 Å². The van der Waals surface area contributed by atoms with Gasteiger partial charge >= 0.3 is 30.3 Å². The minimum atomic E-state index is -5.15. The van der Waals surface area contributed by atoms with Gasteiger partial charge in [-0.2, -0.15) is 35.1 Å². The van der Waals surface area contributed by atoms with Crippen molar-refractivity contribution < 1.29 is 59.3 Å². The number of hydrogen-bond donors (Lipinski definition) is 1. The van der Waals surface area contributed by atoms with Crippen LogP contribution in [0.5, 0.6) is 5.75 Å². The van der Waals surface area contributed by atoms with Gasteiger partial charge in [0.1, 0.15) is 11.9 Å². The molecular formula is C34H27F8N3O5. The zero-order chi connectivity index (χ0) is 36.9. The maximum atomic E-state index is 14.5. The number of aryl methyl sites for hydroxylation is 1. The van der Waals surface area contributed by atoms with Gasteiger partial charge in [-0.05, 0) is 78.6 Å². The molecule has 16 heteroatoms. The Balaban J connectivity index is 1.59. The summed E-state index contributed by atoms with van der Waals surface area (Å²) >= 11 is 0. The van der Waals surface area contributed by atoms with E-state index in [4.69, 9.17) is 9.47 Å². The lowest BCUT2D eigenvalue weighted by Gasteiger charge is -2.24. The number of nitrogens with zero attached hydrogens (tertiary/aromatic N) is 3. The summed E-state index contributed by atoms with van der Waals surface area (Å²) in [7, 11) is 1.34. The largest absolute Gasteiger partial charge is 0.496 e. The quantitative estimate of drug-likeness (QED) is 0.182. The molecule has 2 atom stereocenters. The molecule has 1 aliphatic rings. The van der Waals surface area contributed by atoms with Gasteiger partial charge in [0, 0.05) is 24.2 Å². The van der Waals surface area contributed by atoms with E-state index >= 15 is 0 Å². The number of rotatable bonds is 8. The Labute approximate surface area is 279 Å². The zero-order valence-corrected chi connectivity index (χ0v) is 26.6. The first kappa shape index (κ1) is 36.0. The third-order valence-corrected chi connectivity index (χ3v) is 8.19. The van der Waals surface area contributed by atoms with Crippen LogP contribution in [0.3, 0.4) is 0 Å². The molecule has 3 aromatic carbocycles. The van der Waals surface area contributed by atoms with Crippen molar-refractivity contribution in [3.8, 4) is 28.0 Å². The second-order valence-corrected chi connectivity index (χ2v) is 11.7. The molecule has 0 aliphatic carbocycles. The fourth-order valence-electron chi connectivity index (χ4n) is 5.64. The molecular weight excluding hydrogens is 682 g/mol. The number of carbonyl (C=O) groups excluding carboxylic acids is 1. The van der Waals surface area contributed by atoms with Crippen LogP contribution in [0.4, 0.5) is 39.9 Å². The molecule has 1 aromatic heterocycles. The summed E-state index contributed by atoms with van der Waals surface area (Å²) < 4.78 is 121. The van der Waals surface area contributed by atoms with Crippen LogP contribution < -0.4 is 4.74 Å². The van der Waals surface area contributed by atoms with Crippen molar-refractivity contribution >= 4 is 12.1 Å². The van der Waals surface area contributed by atoms with E-state index in [0.717, 1.165) is 11.1 Å². The second-order valence-electron chi connectivity index (χ2n) is 11.7. The van der Waals surface area contributed by atoms with Crippen LogP contribution in [0.25, 0.3) is 22.3 Å². The van der Waals surface area contributed by atoms with E-state index in [2.05, 4.69) is 9.97 Å². The van der Waals surface area contributed by atoms with Gasteiger partial charge in [-0.3, -0.25) is 4.90 Å². The van der Waals surface area contributed by atoms with Gasteiger partial charge in [-0.1, -0.05) is 12.1 Å². The van der Waals surface area contributed by atoms with Gasteiger partial charge in [0.2, 0.25) is 0 Å². The number of alkyl halides is 8. The zero-order valence-electron chi connectivity index (χ0n) is 26.6. The summed E-state index contributed by atoms with van der Waals surface area (Å²) in [5.74, 6) is -5.37. The Kier molecular flexibility index (Phi) is 9.27. The van der Waals surface area contributed by atoms with Crippen molar-refractivity contribution in [3.05, 3.63) is 100 Å². The Morgan fingerprint density at radius 1 is 0.920 bits per heavy atom. The molecule has 1 fully saturated rings. The van der Waals surface area contributed by atoms with Crippen molar-refractivity contribution in [2.75, 3.05) is 7.11 Å². The summed E-state index contributed by atoms with van der Waals surface area (Å²) in [6.45, 7) is 2.99. The van der Waals surface area contributed by atoms with E-state index in [-0.39, 0.29) is 34.2 Å². The van der Waals surface area contributed by atoms with Crippen LogP contribution in [0.15, 0.2) is 60.8 Å². The highest BCUT2D eigenvalue weighted by molar-refractivity contribution is 5.89. The van der Waals surface area contributed by atoms with E-state index in [9.17, 15) is 49.8 Å². The fourth-order valence-corrected chi connectivity index (χ4v) is 5.64. The number of carboxylic acid groups (broad SMARTS) is 1. The molecule has 0 saturated carbocycles. The number of methoxy groups -OCH3 is 1. The molecule has 4 aromatic rings. The molecule has 264 valence electrons. The number of carboxylic acids is 1. The monoisotopic (exact) mass is 709 g/mol.